The summed E-state index contributed by atoms with van der Waals surface area (Å²) in [5, 5.41) is 5.78. The molecule has 5 heterocycles. The Labute approximate surface area is 368 Å². The van der Waals surface area contributed by atoms with Crippen molar-refractivity contribution < 1.29 is 28.9 Å². The maximum absolute atomic E-state index is 14.0. The summed E-state index contributed by atoms with van der Waals surface area (Å²) in [6.45, 7) is 7.00. The van der Waals surface area contributed by atoms with Crippen LogP contribution in [0.1, 0.15) is 0 Å². The minimum Gasteiger partial charge on any atom is -0.333 e. The van der Waals surface area contributed by atoms with Crippen LogP contribution in [0.25, 0.3) is 91.0 Å². The van der Waals surface area contributed by atoms with Crippen LogP contribution >= 0.6 is 22.7 Å². The second-order valence-corrected chi connectivity index (χ2v) is 22.6. The van der Waals surface area contributed by atoms with E-state index in [0.717, 1.165) is 65.7 Å². The van der Waals surface area contributed by atoms with Crippen molar-refractivity contribution in [3.8, 4) is 39.5 Å². The number of fused-ring (bicyclic) bond motifs is 7. The third-order valence-corrected chi connectivity index (χ3v) is 14.8. The molecule has 0 N–H and O–H groups in total. The van der Waals surface area contributed by atoms with E-state index >= 15 is 0 Å². The SMILES string of the molecule is C[Si](C)(C)c1ccc(-c2[c-]cccc2)nc1.Fc1cc(F)cc(-c2cnc3sc4c(-c5nc6ccccc6n5-c5ccc6sc7ccccc7c6c5)[c-]ccc4c3c2)c1.[Ir]. The van der Waals surface area contributed by atoms with E-state index in [1.165, 1.54) is 37.5 Å². The minimum absolute atomic E-state index is 0. The van der Waals surface area contributed by atoms with Gasteiger partial charge in [0.05, 0.1) is 24.9 Å². The molecule has 0 fully saturated rings. The van der Waals surface area contributed by atoms with Gasteiger partial charge >= 0.3 is 0 Å². The fraction of sp³-hybridized carbons (Fsp3) is 0.0600. The molecule has 0 aliphatic heterocycles. The van der Waals surface area contributed by atoms with Gasteiger partial charge in [0.15, 0.2) is 0 Å². The number of imidazole rings is 1. The average Bonchev–Trinajstić information content (AvgIpc) is 3.94. The van der Waals surface area contributed by atoms with Crippen LogP contribution in [0.5, 0.6) is 0 Å². The maximum atomic E-state index is 14.0. The molecule has 0 aliphatic rings. The van der Waals surface area contributed by atoms with E-state index in [1.54, 1.807) is 28.9 Å². The first-order chi connectivity index (χ1) is 28.7. The summed E-state index contributed by atoms with van der Waals surface area (Å²) in [5.74, 6) is -0.436. The van der Waals surface area contributed by atoms with Crippen LogP contribution < -0.4 is 5.19 Å². The number of nitrogens with zero attached hydrogens (tertiary/aromatic N) is 4. The van der Waals surface area contributed by atoms with Crippen molar-refractivity contribution in [2.24, 2.45) is 0 Å². The number of aromatic nitrogens is 4. The molecule has 0 spiro atoms. The van der Waals surface area contributed by atoms with Crippen molar-refractivity contribution in [3.63, 3.8) is 0 Å². The molecule has 0 amide bonds. The smallest absolute Gasteiger partial charge is 0.126 e. The first-order valence-corrected chi connectivity index (χ1v) is 24.3. The van der Waals surface area contributed by atoms with Crippen molar-refractivity contribution in [2.75, 3.05) is 0 Å². The van der Waals surface area contributed by atoms with Crippen molar-refractivity contribution in [2.45, 2.75) is 19.6 Å². The molecular formula is C50H34F2IrN4S2Si-2. The number of pyridine rings is 2. The van der Waals surface area contributed by atoms with Crippen LogP contribution in [0.2, 0.25) is 19.6 Å². The Bertz CT molecular complexity index is 3330. The van der Waals surface area contributed by atoms with Crippen LogP contribution in [0.15, 0.2) is 152 Å². The fourth-order valence-corrected chi connectivity index (χ4v) is 10.8. The van der Waals surface area contributed by atoms with Crippen LogP contribution in [-0.4, -0.2) is 27.6 Å². The van der Waals surface area contributed by atoms with Crippen LogP contribution in [0.3, 0.4) is 0 Å². The molecule has 0 unspecified atom stereocenters. The molecule has 60 heavy (non-hydrogen) atoms. The summed E-state index contributed by atoms with van der Waals surface area (Å²) >= 11 is 3.37. The van der Waals surface area contributed by atoms with Gasteiger partial charge in [-0.1, -0.05) is 73.1 Å². The molecule has 0 aliphatic carbocycles. The normalized spacial score (nSPS) is 11.6. The first-order valence-electron chi connectivity index (χ1n) is 19.2. The topological polar surface area (TPSA) is 43.6 Å². The molecule has 0 saturated heterocycles. The van der Waals surface area contributed by atoms with Gasteiger partial charge in [-0.05, 0) is 75.7 Å². The van der Waals surface area contributed by atoms with Gasteiger partial charge in [0, 0.05) is 75.4 Å². The van der Waals surface area contributed by atoms with Gasteiger partial charge in [0.2, 0.25) is 0 Å². The predicted molar refractivity (Wildman–Crippen MR) is 246 cm³/mol. The molecular weight excluding hydrogens is 979 g/mol. The molecule has 0 saturated carbocycles. The molecule has 1 radical (unpaired) electrons. The van der Waals surface area contributed by atoms with E-state index in [2.05, 4.69) is 102 Å². The zero-order valence-corrected chi connectivity index (χ0v) is 37.7. The van der Waals surface area contributed by atoms with E-state index in [1.807, 2.05) is 66.9 Å². The first kappa shape index (κ1) is 39.7. The predicted octanol–water partition coefficient (Wildman–Crippen LogP) is 13.7. The molecule has 295 valence electrons. The van der Waals surface area contributed by atoms with Gasteiger partial charge in [-0.3, -0.25) is 4.98 Å². The average molecular weight is 1010 g/mol. The molecule has 4 nitrogen and oxygen atoms in total. The molecule has 6 aromatic carbocycles. The Morgan fingerprint density at radius 1 is 0.617 bits per heavy atom. The number of benzene rings is 6. The molecule has 0 atom stereocenters. The number of hydrogen-bond acceptors (Lipinski definition) is 5. The molecule has 11 rings (SSSR count). The zero-order chi connectivity index (χ0) is 40.3. The Morgan fingerprint density at radius 3 is 2.18 bits per heavy atom. The second-order valence-electron chi connectivity index (χ2n) is 15.4. The van der Waals surface area contributed by atoms with Gasteiger partial charge in [0.25, 0.3) is 0 Å². The maximum Gasteiger partial charge on any atom is 0.126 e. The van der Waals surface area contributed by atoms with E-state index in [4.69, 9.17) is 9.97 Å². The summed E-state index contributed by atoms with van der Waals surface area (Å²) in [5.41, 5.74) is 6.98. The number of thiophene rings is 2. The van der Waals surface area contributed by atoms with Gasteiger partial charge in [-0.15, -0.1) is 65.4 Å². The summed E-state index contributed by atoms with van der Waals surface area (Å²) in [6.07, 6.45) is 3.69. The Morgan fingerprint density at radius 2 is 1.40 bits per heavy atom. The van der Waals surface area contributed by atoms with E-state index in [9.17, 15) is 8.78 Å². The summed E-state index contributed by atoms with van der Waals surface area (Å²) in [7, 11) is -1.23. The molecule has 10 heteroatoms. The summed E-state index contributed by atoms with van der Waals surface area (Å²) in [6, 6.07) is 51.6. The van der Waals surface area contributed by atoms with Crippen molar-refractivity contribution >= 4 is 87.4 Å². The number of hydrogen-bond donors (Lipinski definition) is 0. The third-order valence-electron chi connectivity index (χ3n) is 10.5. The molecule has 0 bridgehead atoms. The molecule has 5 aromatic heterocycles. The van der Waals surface area contributed by atoms with Crippen molar-refractivity contribution in [1.82, 2.24) is 19.5 Å². The second kappa shape index (κ2) is 16.0. The third kappa shape index (κ3) is 7.39. The number of rotatable bonds is 5. The number of halogens is 2. The Hall–Kier alpha value is -5.74. The van der Waals surface area contributed by atoms with Crippen molar-refractivity contribution in [1.29, 1.82) is 0 Å². The summed E-state index contributed by atoms with van der Waals surface area (Å²) < 4.78 is 33.7. The van der Waals surface area contributed by atoms with Crippen LogP contribution in [0, 0.1) is 23.8 Å². The minimum atomic E-state index is -1.23. The zero-order valence-electron chi connectivity index (χ0n) is 32.6. The van der Waals surface area contributed by atoms with E-state index in [-0.39, 0.29) is 20.1 Å². The largest absolute Gasteiger partial charge is 0.333 e. The Balaban J connectivity index is 0.000000230. The summed E-state index contributed by atoms with van der Waals surface area (Å²) in [4.78, 5) is 15.2. The van der Waals surface area contributed by atoms with Gasteiger partial charge in [0.1, 0.15) is 16.5 Å². The standard InChI is InChI=1S/C36H18F2N3S2.C14H16NSi.Ir/c37-22-14-20(15-23(38)17-22)21-16-29-26-7-5-8-27(34(26)43-36(29)39-19-21)35-40-30-9-2-3-10-31(30)41(35)24-12-13-33-28(18-24)25-6-1-4-11-32(25)42-33;1-16(2,3)13-9-10-14(15-11-13)12-7-5-4-6-8-12;/h1-7,9-19H;4-7,9-11H,1-3H3;/q2*-1;. The van der Waals surface area contributed by atoms with Gasteiger partial charge in [-0.25, -0.2) is 13.8 Å². The van der Waals surface area contributed by atoms with E-state index < -0.39 is 19.7 Å². The van der Waals surface area contributed by atoms with Crippen LogP contribution in [0.4, 0.5) is 8.78 Å². The number of para-hydroxylation sites is 2. The molecule has 11 aromatic rings. The van der Waals surface area contributed by atoms with Gasteiger partial charge in [-0.2, -0.15) is 11.3 Å². The quantitative estimate of drug-likeness (QED) is 0.127. The van der Waals surface area contributed by atoms with Gasteiger partial charge < -0.3 is 9.55 Å². The van der Waals surface area contributed by atoms with Crippen molar-refractivity contribution in [3.05, 3.63) is 176 Å². The fourth-order valence-electron chi connectivity index (χ4n) is 7.53. The van der Waals surface area contributed by atoms with Crippen LogP contribution in [-0.2, 0) is 20.1 Å². The monoisotopic (exact) mass is 1010 g/mol. The Kier molecular flexibility index (Phi) is 10.6. The van der Waals surface area contributed by atoms with E-state index in [0.29, 0.717) is 11.1 Å².